The Balaban J connectivity index is 1.39. The molecule has 0 amide bonds. The Hall–Kier alpha value is -2.02. The van der Waals surface area contributed by atoms with Gasteiger partial charge in [0.1, 0.15) is 0 Å². The predicted octanol–water partition coefficient (Wildman–Crippen LogP) is 1.11. The standard InChI is InChI=1S/C19H25F3N6O2S/c1-25-5-7-26(8-6-25)18-13-28(31(29,30)14-18)12-17-11-27(24-23-17)10-15-3-2-4-16(9-15)19(20,21)22/h2-4,9,11,18H,5-8,10,12-14H2,1H3. The van der Waals surface area contributed by atoms with Crippen LogP contribution >= 0.6 is 0 Å². The first-order valence-electron chi connectivity index (χ1n) is 10.1. The van der Waals surface area contributed by atoms with Crippen LogP contribution in [-0.4, -0.2) is 89.1 Å². The van der Waals surface area contributed by atoms with E-state index in [0.717, 1.165) is 38.3 Å². The highest BCUT2D eigenvalue weighted by Gasteiger charge is 2.39. The van der Waals surface area contributed by atoms with Gasteiger partial charge in [0.2, 0.25) is 10.0 Å². The zero-order valence-electron chi connectivity index (χ0n) is 17.2. The summed E-state index contributed by atoms with van der Waals surface area (Å²) in [6.07, 6.45) is -2.83. The lowest BCUT2D eigenvalue weighted by atomic mass is 10.1. The summed E-state index contributed by atoms with van der Waals surface area (Å²) in [6.45, 7) is 4.16. The number of alkyl halides is 3. The van der Waals surface area contributed by atoms with E-state index in [2.05, 4.69) is 27.2 Å². The first kappa shape index (κ1) is 22.2. The number of hydrogen-bond donors (Lipinski definition) is 0. The van der Waals surface area contributed by atoms with E-state index in [4.69, 9.17) is 0 Å². The zero-order valence-corrected chi connectivity index (χ0v) is 18.0. The monoisotopic (exact) mass is 458 g/mol. The molecule has 0 aliphatic carbocycles. The van der Waals surface area contributed by atoms with Crippen molar-refractivity contribution in [2.24, 2.45) is 0 Å². The molecule has 4 rings (SSSR count). The number of likely N-dealkylation sites (N-methyl/N-ethyl adjacent to an activating group) is 1. The Bertz CT molecular complexity index is 1020. The highest BCUT2D eigenvalue weighted by Crippen LogP contribution is 2.29. The molecular formula is C19H25F3N6O2S. The van der Waals surface area contributed by atoms with Gasteiger partial charge in [0.05, 0.1) is 36.3 Å². The largest absolute Gasteiger partial charge is 0.416 e. The lowest BCUT2D eigenvalue weighted by Gasteiger charge is -2.35. The molecular weight excluding hydrogens is 433 g/mol. The topological polar surface area (TPSA) is 74.6 Å². The summed E-state index contributed by atoms with van der Waals surface area (Å²) in [5.41, 5.74) is 0.188. The van der Waals surface area contributed by atoms with E-state index in [9.17, 15) is 21.6 Å². The van der Waals surface area contributed by atoms with Crippen LogP contribution < -0.4 is 0 Å². The fourth-order valence-electron chi connectivity index (χ4n) is 4.02. The van der Waals surface area contributed by atoms with E-state index in [0.29, 0.717) is 17.8 Å². The highest BCUT2D eigenvalue weighted by atomic mass is 32.2. The SMILES string of the molecule is CN1CCN(C2CN(Cc3cn(Cc4cccc(C(F)(F)F)c4)nn3)S(=O)(=O)C2)CC1. The van der Waals surface area contributed by atoms with Gasteiger partial charge >= 0.3 is 6.18 Å². The first-order chi connectivity index (χ1) is 14.6. The lowest BCUT2D eigenvalue weighted by molar-refractivity contribution is -0.137. The fraction of sp³-hybridized carbons (Fsp3) is 0.579. The molecule has 2 aromatic rings. The molecule has 2 saturated heterocycles. The molecule has 0 radical (unpaired) electrons. The molecule has 2 fully saturated rings. The Morgan fingerprint density at radius 1 is 1.13 bits per heavy atom. The van der Waals surface area contributed by atoms with E-state index in [-0.39, 0.29) is 24.9 Å². The summed E-state index contributed by atoms with van der Waals surface area (Å²) in [7, 11) is -1.34. The van der Waals surface area contributed by atoms with Crippen molar-refractivity contribution in [3.05, 3.63) is 47.3 Å². The Morgan fingerprint density at radius 2 is 1.87 bits per heavy atom. The van der Waals surface area contributed by atoms with Gasteiger partial charge < -0.3 is 4.90 Å². The van der Waals surface area contributed by atoms with Crippen LogP contribution in [0.2, 0.25) is 0 Å². The van der Waals surface area contributed by atoms with Crippen molar-refractivity contribution in [2.45, 2.75) is 25.3 Å². The molecule has 3 heterocycles. The van der Waals surface area contributed by atoms with Gasteiger partial charge in [0.25, 0.3) is 0 Å². The number of nitrogens with zero attached hydrogens (tertiary/aromatic N) is 6. The smallest absolute Gasteiger partial charge is 0.304 e. The van der Waals surface area contributed by atoms with Gasteiger partial charge in [0.15, 0.2) is 0 Å². The van der Waals surface area contributed by atoms with Crippen LogP contribution in [0.3, 0.4) is 0 Å². The van der Waals surface area contributed by atoms with Gasteiger partial charge in [-0.2, -0.15) is 17.5 Å². The van der Waals surface area contributed by atoms with E-state index in [1.54, 1.807) is 12.3 Å². The van der Waals surface area contributed by atoms with E-state index in [1.807, 2.05) is 0 Å². The quantitative estimate of drug-likeness (QED) is 0.668. The van der Waals surface area contributed by atoms with Crippen molar-refractivity contribution in [1.29, 1.82) is 0 Å². The minimum absolute atomic E-state index is 0.0427. The van der Waals surface area contributed by atoms with Gasteiger partial charge in [-0.15, -0.1) is 5.10 Å². The molecule has 1 atom stereocenters. The number of sulfonamides is 1. The molecule has 0 N–H and O–H groups in total. The van der Waals surface area contributed by atoms with Crippen molar-refractivity contribution in [1.82, 2.24) is 29.1 Å². The number of halogens is 3. The molecule has 170 valence electrons. The summed E-state index contributed by atoms with van der Waals surface area (Å²) in [5, 5.41) is 7.98. The van der Waals surface area contributed by atoms with Crippen LogP contribution in [0.1, 0.15) is 16.8 Å². The molecule has 2 aliphatic rings. The first-order valence-corrected chi connectivity index (χ1v) is 11.7. The van der Waals surface area contributed by atoms with Crippen LogP contribution in [0.4, 0.5) is 13.2 Å². The van der Waals surface area contributed by atoms with Gasteiger partial charge in [-0.1, -0.05) is 17.3 Å². The molecule has 1 aromatic heterocycles. The minimum atomic E-state index is -4.41. The fourth-order valence-corrected chi connectivity index (χ4v) is 5.76. The second-order valence-corrected chi connectivity index (χ2v) is 10.2. The lowest BCUT2D eigenvalue weighted by Crippen LogP contribution is -2.50. The molecule has 8 nitrogen and oxygen atoms in total. The van der Waals surface area contributed by atoms with Crippen molar-refractivity contribution in [3.8, 4) is 0 Å². The normalized spacial score (nSPS) is 23.4. The summed E-state index contributed by atoms with van der Waals surface area (Å²) in [5.74, 6) is 0.0923. The number of hydrogen-bond acceptors (Lipinski definition) is 6. The Kier molecular flexibility index (Phi) is 6.08. The third-order valence-electron chi connectivity index (χ3n) is 5.79. The third-order valence-corrected chi connectivity index (χ3v) is 7.66. The third kappa shape index (κ3) is 5.25. The number of aromatic nitrogens is 3. The van der Waals surface area contributed by atoms with Crippen LogP contribution in [0.25, 0.3) is 0 Å². The maximum atomic E-state index is 12.9. The van der Waals surface area contributed by atoms with Crippen LogP contribution in [0.5, 0.6) is 0 Å². The Morgan fingerprint density at radius 3 is 2.58 bits per heavy atom. The van der Waals surface area contributed by atoms with Crippen molar-refractivity contribution >= 4 is 10.0 Å². The molecule has 0 saturated carbocycles. The summed E-state index contributed by atoms with van der Waals surface area (Å²) in [6, 6.07) is 4.99. The molecule has 1 aromatic carbocycles. The number of rotatable bonds is 5. The maximum absolute atomic E-state index is 12.9. The average molecular weight is 459 g/mol. The summed E-state index contributed by atoms with van der Waals surface area (Å²) < 4.78 is 66.8. The van der Waals surface area contributed by atoms with Crippen molar-refractivity contribution < 1.29 is 21.6 Å². The summed E-state index contributed by atoms with van der Waals surface area (Å²) >= 11 is 0. The van der Waals surface area contributed by atoms with Gasteiger partial charge in [-0.05, 0) is 24.7 Å². The number of piperazine rings is 1. The van der Waals surface area contributed by atoms with E-state index in [1.165, 1.54) is 15.1 Å². The molecule has 31 heavy (non-hydrogen) atoms. The Labute approximate surface area is 179 Å². The number of benzene rings is 1. The maximum Gasteiger partial charge on any atom is 0.416 e. The predicted molar refractivity (Wildman–Crippen MR) is 108 cm³/mol. The molecule has 1 unspecified atom stereocenters. The average Bonchev–Trinajstić information content (AvgIpc) is 3.26. The van der Waals surface area contributed by atoms with Crippen LogP contribution in [-0.2, 0) is 29.3 Å². The summed E-state index contributed by atoms with van der Waals surface area (Å²) in [4.78, 5) is 4.45. The van der Waals surface area contributed by atoms with Crippen molar-refractivity contribution in [2.75, 3.05) is 45.5 Å². The minimum Gasteiger partial charge on any atom is -0.304 e. The highest BCUT2D eigenvalue weighted by molar-refractivity contribution is 7.89. The molecule has 0 spiro atoms. The van der Waals surface area contributed by atoms with E-state index >= 15 is 0 Å². The van der Waals surface area contributed by atoms with E-state index < -0.39 is 21.8 Å². The van der Waals surface area contributed by atoms with Crippen LogP contribution in [0.15, 0.2) is 30.5 Å². The zero-order chi connectivity index (χ0) is 22.2. The second kappa shape index (κ2) is 8.49. The molecule has 0 bridgehead atoms. The van der Waals surface area contributed by atoms with Crippen LogP contribution in [0, 0.1) is 0 Å². The second-order valence-electron chi connectivity index (χ2n) is 8.17. The van der Waals surface area contributed by atoms with Gasteiger partial charge in [-0.25, -0.2) is 13.1 Å². The van der Waals surface area contributed by atoms with Gasteiger partial charge in [0, 0.05) is 38.8 Å². The van der Waals surface area contributed by atoms with Gasteiger partial charge in [-0.3, -0.25) is 4.90 Å². The molecule has 2 aliphatic heterocycles. The van der Waals surface area contributed by atoms with Crippen molar-refractivity contribution in [3.63, 3.8) is 0 Å². The molecule has 12 heteroatoms.